The zero-order valence-electron chi connectivity index (χ0n) is 52.1. The molecule has 2 heterocycles. The van der Waals surface area contributed by atoms with E-state index in [4.69, 9.17) is 0 Å². The van der Waals surface area contributed by atoms with E-state index in [2.05, 4.69) is 311 Å². The van der Waals surface area contributed by atoms with Crippen molar-refractivity contribution in [2.75, 3.05) is 0 Å². The summed E-state index contributed by atoms with van der Waals surface area (Å²) >= 11 is 0. The van der Waals surface area contributed by atoms with Crippen LogP contribution < -0.4 is 0 Å². The second kappa shape index (κ2) is 38.6. The van der Waals surface area contributed by atoms with Crippen molar-refractivity contribution in [2.45, 2.75) is 134 Å². The molecule has 0 amide bonds. The largest absolute Gasteiger partial charge is 0.264 e. The van der Waals surface area contributed by atoms with Gasteiger partial charge in [-0.2, -0.15) is 0 Å². The van der Waals surface area contributed by atoms with Crippen molar-refractivity contribution in [1.82, 2.24) is 9.97 Å². The summed E-state index contributed by atoms with van der Waals surface area (Å²) in [4.78, 5) is 8.37. The fourth-order valence-electron chi connectivity index (χ4n) is 8.08. The van der Waals surface area contributed by atoms with Crippen LogP contribution in [0.5, 0.6) is 0 Å². The maximum atomic E-state index is 4.24. The summed E-state index contributed by atoms with van der Waals surface area (Å²) in [5.74, 6) is 3.15. The van der Waals surface area contributed by atoms with E-state index >= 15 is 0 Å². The molecule has 0 bridgehead atoms. The SMILES string of the molecule is CC.CC.CC(C)C.CC(C)c1cccc(-c2ccccc2)c1.CC(C)c1cccc(-c2ccccc2)c1.CC(C)c1cccc(-c2cccnc2)c1.Cc1cncc(-c2cccc(C(C)C)c2)c1.c1ccc(-c2ccccc2)cc1. The number of hydrogen-bond donors (Lipinski definition) is 0. The Balaban J connectivity index is 0.000000258. The quantitative estimate of drug-likeness (QED) is 0.144. The van der Waals surface area contributed by atoms with Crippen LogP contribution in [0.25, 0.3) is 55.6 Å². The second-order valence-electron chi connectivity index (χ2n) is 21.3. The zero-order chi connectivity index (χ0) is 59.4. The first kappa shape index (κ1) is 67.3. The van der Waals surface area contributed by atoms with Gasteiger partial charge in [0, 0.05) is 30.4 Å². The van der Waals surface area contributed by atoms with E-state index in [1.807, 2.05) is 64.5 Å². The lowest BCUT2D eigenvalue weighted by Gasteiger charge is -2.08. The van der Waals surface area contributed by atoms with Gasteiger partial charge in [-0.1, -0.05) is 328 Å². The molecule has 0 spiro atoms. The fraction of sp³-hybridized carbons (Fsp3) is 0.266. The van der Waals surface area contributed by atoms with Gasteiger partial charge in [-0.15, -0.1) is 0 Å². The number of hydrogen-bond acceptors (Lipinski definition) is 2. The Kier molecular flexibility index (Phi) is 32.1. The summed E-state index contributed by atoms with van der Waals surface area (Å²) in [6, 6.07) is 82.9. The van der Waals surface area contributed by atoms with E-state index in [0.29, 0.717) is 23.7 Å². The number of benzene rings is 8. The average molecular weight is 1070 g/mol. The lowest BCUT2D eigenvalue weighted by Crippen LogP contribution is -1.88. The summed E-state index contributed by atoms with van der Waals surface area (Å²) in [6.45, 7) is 34.3. The third-order valence-electron chi connectivity index (χ3n) is 12.5. The number of rotatable bonds is 9. The fourth-order valence-corrected chi connectivity index (χ4v) is 8.08. The van der Waals surface area contributed by atoms with Crippen LogP contribution in [0.4, 0.5) is 0 Å². The second-order valence-corrected chi connectivity index (χ2v) is 21.3. The van der Waals surface area contributed by atoms with Gasteiger partial charge in [0.25, 0.3) is 0 Å². The van der Waals surface area contributed by atoms with Crippen LogP contribution in [0, 0.1) is 12.8 Å². The molecule has 0 N–H and O–H groups in total. The molecule has 2 nitrogen and oxygen atoms in total. The molecule has 8 aromatic carbocycles. The maximum Gasteiger partial charge on any atom is 0.0346 e. The molecule has 0 unspecified atom stereocenters. The highest BCUT2D eigenvalue weighted by atomic mass is 14.6. The molecule has 2 aromatic heterocycles. The summed E-state index contributed by atoms with van der Waals surface area (Å²) in [5, 5.41) is 0. The van der Waals surface area contributed by atoms with E-state index in [1.54, 1.807) is 6.20 Å². The van der Waals surface area contributed by atoms with Crippen molar-refractivity contribution in [3.8, 4) is 55.6 Å². The van der Waals surface area contributed by atoms with Gasteiger partial charge in [-0.25, -0.2) is 0 Å². The maximum absolute atomic E-state index is 4.24. The zero-order valence-corrected chi connectivity index (χ0v) is 52.1. The summed E-state index contributed by atoms with van der Waals surface area (Å²) in [5.41, 5.74) is 19.4. The smallest absolute Gasteiger partial charge is 0.0346 e. The molecule has 0 saturated heterocycles. The van der Waals surface area contributed by atoms with Crippen LogP contribution in [0.3, 0.4) is 0 Å². The number of pyridine rings is 2. The van der Waals surface area contributed by atoms with Crippen LogP contribution in [0.15, 0.2) is 261 Å². The molecule has 10 rings (SSSR count). The highest BCUT2D eigenvalue weighted by Crippen LogP contribution is 2.27. The Morgan fingerprint density at radius 2 is 0.481 bits per heavy atom. The van der Waals surface area contributed by atoms with Crippen molar-refractivity contribution in [2.24, 2.45) is 5.92 Å². The van der Waals surface area contributed by atoms with Crippen molar-refractivity contribution in [1.29, 1.82) is 0 Å². The van der Waals surface area contributed by atoms with Gasteiger partial charge in [0.05, 0.1) is 0 Å². The minimum atomic E-state index is 0.567. The Hall–Kier alpha value is -7.94. The van der Waals surface area contributed by atoms with E-state index in [1.165, 1.54) is 83.5 Å². The third-order valence-corrected chi connectivity index (χ3v) is 12.5. The Morgan fingerprint density at radius 1 is 0.235 bits per heavy atom. The van der Waals surface area contributed by atoms with Crippen LogP contribution in [0.1, 0.15) is 155 Å². The van der Waals surface area contributed by atoms with E-state index in [0.717, 1.165) is 5.92 Å². The molecule has 422 valence electrons. The highest BCUT2D eigenvalue weighted by Gasteiger charge is 2.06. The van der Waals surface area contributed by atoms with Crippen molar-refractivity contribution in [3.05, 3.63) is 289 Å². The minimum Gasteiger partial charge on any atom is -0.264 e. The van der Waals surface area contributed by atoms with Gasteiger partial charge in [-0.3, -0.25) is 9.97 Å². The molecule has 0 atom stereocenters. The molecule has 10 aromatic rings. The standard InChI is InChI=1S/C15H17N.2C15H16.C14H15N.C12H10.C4H10.2C2H6/c1-11(2)13-5-4-6-14(8-13)15-7-12(3)9-16-10-15;2*1-12(2)14-9-6-10-15(11-14)13-7-4-3-5-8-13;1-11(2)12-5-3-6-13(9-12)14-7-4-8-15-10-14;1-3-7-11(8-4-1)12-9-5-2-6-10-12;1-4(2)3;2*1-2/h4-11H,1-3H3;2*3-12H,1-2H3;3-11H,1-2H3;1-10H;4H,1-3H3;2*1-2H3. The van der Waals surface area contributed by atoms with Crippen LogP contribution in [-0.4, -0.2) is 9.97 Å². The van der Waals surface area contributed by atoms with Crippen molar-refractivity contribution >= 4 is 0 Å². The summed E-state index contributed by atoms with van der Waals surface area (Å²) < 4.78 is 0. The molecule has 0 aliphatic heterocycles. The highest BCUT2D eigenvalue weighted by molar-refractivity contribution is 5.67. The monoisotopic (exact) mass is 1070 g/mol. The molecular formula is C79H96N2. The van der Waals surface area contributed by atoms with Gasteiger partial charge in [0.2, 0.25) is 0 Å². The van der Waals surface area contributed by atoms with Crippen LogP contribution in [-0.2, 0) is 0 Å². The first-order valence-corrected chi connectivity index (χ1v) is 29.6. The normalized spacial score (nSPS) is 10.0. The number of nitrogens with zero attached hydrogens (tertiary/aromatic N) is 2. The van der Waals surface area contributed by atoms with Gasteiger partial charge >= 0.3 is 0 Å². The molecule has 0 saturated carbocycles. The topological polar surface area (TPSA) is 25.8 Å². The molecular weight excluding hydrogens is 977 g/mol. The van der Waals surface area contributed by atoms with Crippen molar-refractivity contribution in [3.63, 3.8) is 0 Å². The molecule has 0 fully saturated rings. The molecule has 0 aliphatic carbocycles. The van der Waals surface area contributed by atoms with E-state index in [-0.39, 0.29) is 0 Å². The first-order valence-electron chi connectivity index (χ1n) is 29.6. The van der Waals surface area contributed by atoms with E-state index < -0.39 is 0 Å². The molecule has 0 radical (unpaired) electrons. The lowest BCUT2D eigenvalue weighted by molar-refractivity contribution is 0.737. The predicted molar refractivity (Wildman–Crippen MR) is 359 cm³/mol. The molecule has 0 aliphatic rings. The van der Waals surface area contributed by atoms with Crippen LogP contribution >= 0.6 is 0 Å². The number of aromatic nitrogens is 2. The Morgan fingerprint density at radius 3 is 0.753 bits per heavy atom. The number of aryl methyl sites for hydroxylation is 1. The molecule has 81 heavy (non-hydrogen) atoms. The van der Waals surface area contributed by atoms with Gasteiger partial charge in [0.15, 0.2) is 0 Å². The Bertz CT molecular complexity index is 2910. The lowest BCUT2D eigenvalue weighted by atomic mass is 9.98. The third kappa shape index (κ3) is 25.4. The van der Waals surface area contributed by atoms with Crippen LogP contribution in [0.2, 0.25) is 0 Å². The predicted octanol–water partition coefficient (Wildman–Crippen LogP) is 24.1. The average Bonchev–Trinajstić information content (AvgIpc) is 3.52. The van der Waals surface area contributed by atoms with Crippen molar-refractivity contribution < 1.29 is 0 Å². The summed E-state index contributed by atoms with van der Waals surface area (Å²) in [7, 11) is 0. The van der Waals surface area contributed by atoms with Gasteiger partial charge in [-0.05, 0) is 127 Å². The molecule has 2 heteroatoms. The first-order chi connectivity index (χ1) is 39.2. The Labute approximate surface area is 492 Å². The van der Waals surface area contributed by atoms with Gasteiger partial charge in [0.1, 0.15) is 0 Å². The van der Waals surface area contributed by atoms with Gasteiger partial charge < -0.3 is 0 Å². The summed E-state index contributed by atoms with van der Waals surface area (Å²) in [6.07, 6.45) is 7.51. The van der Waals surface area contributed by atoms with E-state index in [9.17, 15) is 0 Å². The minimum absolute atomic E-state index is 0.567.